The van der Waals surface area contributed by atoms with E-state index in [1.165, 1.54) is 5.56 Å². The van der Waals surface area contributed by atoms with Crippen LogP contribution >= 0.6 is 15.9 Å². The molecule has 2 rings (SSSR count). The third-order valence-electron chi connectivity index (χ3n) is 3.88. The van der Waals surface area contributed by atoms with Crippen LogP contribution in [-0.2, 0) is 4.74 Å². The summed E-state index contributed by atoms with van der Waals surface area (Å²) in [6.07, 6.45) is 0.968. The minimum absolute atomic E-state index is 0.138. The van der Waals surface area contributed by atoms with Crippen LogP contribution in [0.15, 0.2) is 28.7 Å². The molecule has 0 bridgehead atoms. The molecule has 2 N–H and O–H groups in total. The second-order valence-corrected chi connectivity index (χ2v) is 6.05. The third kappa shape index (κ3) is 3.37. The average molecular weight is 327 g/mol. The molecule has 0 aromatic heterocycles. The van der Waals surface area contributed by atoms with Crippen molar-refractivity contribution in [3.63, 3.8) is 0 Å². The molecule has 3 atom stereocenters. The van der Waals surface area contributed by atoms with Crippen molar-refractivity contribution in [2.75, 3.05) is 19.8 Å². The number of ether oxygens (including phenoxy) is 1. The Bertz CT molecular complexity index is 413. The van der Waals surface area contributed by atoms with E-state index in [0.717, 1.165) is 30.7 Å². The maximum absolute atomic E-state index is 6.41. The molecule has 1 saturated heterocycles. The Labute approximate surface area is 124 Å². The maximum atomic E-state index is 6.41. The van der Waals surface area contributed by atoms with E-state index in [9.17, 15) is 0 Å². The lowest BCUT2D eigenvalue weighted by atomic mass is 9.94. The molecule has 0 amide bonds. The summed E-state index contributed by atoms with van der Waals surface area (Å²) in [5, 5.41) is 0. The zero-order chi connectivity index (χ0) is 13.8. The first-order valence-electron chi connectivity index (χ1n) is 6.98. The summed E-state index contributed by atoms with van der Waals surface area (Å²) in [6, 6.07) is 9.19. The van der Waals surface area contributed by atoms with Crippen LogP contribution in [0.25, 0.3) is 0 Å². The highest BCUT2D eigenvalue weighted by atomic mass is 79.9. The number of hydrogen-bond donors (Lipinski definition) is 1. The Kier molecular flexibility index (Phi) is 5.39. The summed E-state index contributed by atoms with van der Waals surface area (Å²) < 4.78 is 6.69. The fourth-order valence-electron chi connectivity index (χ4n) is 2.75. The van der Waals surface area contributed by atoms with Crippen LogP contribution in [0, 0.1) is 0 Å². The van der Waals surface area contributed by atoms with E-state index in [0.29, 0.717) is 6.04 Å². The predicted molar refractivity (Wildman–Crippen MR) is 82.1 cm³/mol. The smallest absolute Gasteiger partial charge is 0.0620 e. The molecule has 0 spiro atoms. The van der Waals surface area contributed by atoms with E-state index in [1.54, 1.807) is 0 Å². The molecule has 1 fully saturated rings. The van der Waals surface area contributed by atoms with Gasteiger partial charge in [0.1, 0.15) is 0 Å². The number of benzene rings is 1. The van der Waals surface area contributed by atoms with Gasteiger partial charge in [0.05, 0.1) is 19.3 Å². The second kappa shape index (κ2) is 6.84. The van der Waals surface area contributed by atoms with Gasteiger partial charge in [-0.1, -0.05) is 41.1 Å². The van der Waals surface area contributed by atoms with E-state index in [-0.39, 0.29) is 12.1 Å². The predicted octanol–water partition coefficient (Wildman–Crippen LogP) is 2.95. The number of morpholine rings is 1. The van der Waals surface area contributed by atoms with Gasteiger partial charge in [-0.25, -0.2) is 0 Å². The van der Waals surface area contributed by atoms with Crippen LogP contribution in [0.1, 0.15) is 31.9 Å². The molecular weight excluding hydrogens is 304 g/mol. The van der Waals surface area contributed by atoms with Crippen molar-refractivity contribution < 1.29 is 4.74 Å². The minimum Gasteiger partial charge on any atom is -0.379 e. The standard InChI is InChI=1S/C15H23BrN2O/c1-3-14(17)15(12-6-4-5-7-13(12)16)18-8-9-19-10-11(18)2/h4-7,11,14-15H,3,8-10,17H2,1-2H3. The summed E-state index contributed by atoms with van der Waals surface area (Å²) in [6.45, 7) is 6.89. The lowest BCUT2D eigenvalue weighted by Gasteiger charge is -2.42. The number of nitrogens with zero attached hydrogens (tertiary/aromatic N) is 1. The summed E-state index contributed by atoms with van der Waals surface area (Å²) in [4.78, 5) is 2.48. The number of rotatable bonds is 4. The van der Waals surface area contributed by atoms with E-state index in [1.807, 2.05) is 6.07 Å². The van der Waals surface area contributed by atoms with Crippen LogP contribution in [-0.4, -0.2) is 36.7 Å². The average Bonchev–Trinajstić information content (AvgIpc) is 2.43. The number of hydrogen-bond acceptors (Lipinski definition) is 3. The normalized spacial score (nSPS) is 24.1. The van der Waals surface area contributed by atoms with Crippen LogP contribution in [0.2, 0.25) is 0 Å². The molecule has 3 nitrogen and oxygen atoms in total. The van der Waals surface area contributed by atoms with Gasteiger partial charge in [-0.3, -0.25) is 4.90 Å². The first kappa shape index (κ1) is 15.0. The van der Waals surface area contributed by atoms with Crippen LogP contribution in [0.3, 0.4) is 0 Å². The Morgan fingerprint density at radius 3 is 2.84 bits per heavy atom. The molecule has 1 aliphatic heterocycles. The van der Waals surface area contributed by atoms with Gasteiger partial charge in [0.25, 0.3) is 0 Å². The van der Waals surface area contributed by atoms with Crippen LogP contribution in [0.5, 0.6) is 0 Å². The Hall–Kier alpha value is -0.420. The van der Waals surface area contributed by atoms with Gasteiger partial charge in [-0.2, -0.15) is 0 Å². The first-order chi connectivity index (χ1) is 9.15. The van der Waals surface area contributed by atoms with Crippen molar-refractivity contribution in [3.8, 4) is 0 Å². The van der Waals surface area contributed by atoms with Crippen molar-refractivity contribution in [1.29, 1.82) is 0 Å². The summed E-state index contributed by atoms with van der Waals surface area (Å²) >= 11 is 3.67. The van der Waals surface area contributed by atoms with E-state index in [4.69, 9.17) is 10.5 Å². The van der Waals surface area contributed by atoms with Gasteiger partial charge < -0.3 is 10.5 Å². The highest BCUT2D eigenvalue weighted by Gasteiger charge is 2.32. The quantitative estimate of drug-likeness (QED) is 0.924. The van der Waals surface area contributed by atoms with Crippen molar-refractivity contribution in [3.05, 3.63) is 34.3 Å². The fraction of sp³-hybridized carbons (Fsp3) is 0.600. The molecule has 4 heteroatoms. The molecule has 0 aliphatic carbocycles. The van der Waals surface area contributed by atoms with Gasteiger partial charge in [0, 0.05) is 23.1 Å². The zero-order valence-corrected chi connectivity index (χ0v) is 13.3. The molecular formula is C15H23BrN2O. The highest BCUT2D eigenvalue weighted by molar-refractivity contribution is 9.10. The molecule has 0 saturated carbocycles. The summed E-state index contributed by atoms with van der Waals surface area (Å²) in [5.41, 5.74) is 7.69. The third-order valence-corrected chi connectivity index (χ3v) is 4.60. The topological polar surface area (TPSA) is 38.5 Å². The van der Waals surface area contributed by atoms with Gasteiger partial charge in [0.15, 0.2) is 0 Å². The highest BCUT2D eigenvalue weighted by Crippen LogP contribution is 2.33. The van der Waals surface area contributed by atoms with Gasteiger partial charge in [-0.05, 0) is 25.0 Å². The van der Waals surface area contributed by atoms with Crippen molar-refractivity contribution >= 4 is 15.9 Å². The summed E-state index contributed by atoms with van der Waals surface area (Å²) in [5.74, 6) is 0. The van der Waals surface area contributed by atoms with E-state index < -0.39 is 0 Å². The summed E-state index contributed by atoms with van der Waals surface area (Å²) in [7, 11) is 0. The van der Waals surface area contributed by atoms with Gasteiger partial charge in [-0.15, -0.1) is 0 Å². The van der Waals surface area contributed by atoms with Crippen molar-refractivity contribution in [2.45, 2.75) is 38.4 Å². The number of nitrogens with two attached hydrogens (primary N) is 1. The lowest BCUT2D eigenvalue weighted by Crippen LogP contribution is -2.50. The molecule has 1 heterocycles. The SMILES string of the molecule is CCC(N)C(c1ccccc1Br)N1CCOCC1C. The molecule has 0 radical (unpaired) electrons. The molecule has 1 aromatic rings. The minimum atomic E-state index is 0.138. The van der Waals surface area contributed by atoms with Crippen molar-refractivity contribution in [2.24, 2.45) is 5.73 Å². The van der Waals surface area contributed by atoms with Crippen LogP contribution < -0.4 is 5.73 Å². The second-order valence-electron chi connectivity index (χ2n) is 5.20. The Morgan fingerprint density at radius 2 is 2.21 bits per heavy atom. The van der Waals surface area contributed by atoms with E-state index in [2.05, 4.69) is 52.9 Å². The monoisotopic (exact) mass is 326 g/mol. The van der Waals surface area contributed by atoms with Gasteiger partial charge in [0.2, 0.25) is 0 Å². The van der Waals surface area contributed by atoms with Crippen molar-refractivity contribution in [1.82, 2.24) is 4.90 Å². The molecule has 1 aromatic carbocycles. The number of halogens is 1. The Morgan fingerprint density at radius 1 is 1.47 bits per heavy atom. The fourth-order valence-corrected chi connectivity index (χ4v) is 3.27. The molecule has 1 aliphatic rings. The molecule has 106 valence electrons. The maximum Gasteiger partial charge on any atom is 0.0620 e. The lowest BCUT2D eigenvalue weighted by molar-refractivity contribution is -0.0284. The van der Waals surface area contributed by atoms with E-state index >= 15 is 0 Å². The molecule has 19 heavy (non-hydrogen) atoms. The molecule has 3 unspecified atom stereocenters. The first-order valence-corrected chi connectivity index (χ1v) is 7.78. The zero-order valence-electron chi connectivity index (χ0n) is 11.7. The largest absolute Gasteiger partial charge is 0.379 e. The van der Waals surface area contributed by atoms with Gasteiger partial charge >= 0.3 is 0 Å². The van der Waals surface area contributed by atoms with Crippen LogP contribution in [0.4, 0.5) is 0 Å². The Balaban J connectivity index is 2.33.